The summed E-state index contributed by atoms with van der Waals surface area (Å²) in [6.45, 7) is 1.74. The summed E-state index contributed by atoms with van der Waals surface area (Å²) in [6.07, 6.45) is 3.33. The number of anilines is 2. The van der Waals surface area contributed by atoms with Crippen LogP contribution < -0.4 is 20.1 Å². The summed E-state index contributed by atoms with van der Waals surface area (Å²) in [5.74, 6) is 0.0931. The van der Waals surface area contributed by atoms with Gasteiger partial charge in [-0.3, -0.25) is 14.3 Å². The fourth-order valence-corrected chi connectivity index (χ4v) is 3.09. The van der Waals surface area contributed by atoms with Crippen molar-refractivity contribution in [1.82, 2.24) is 9.78 Å². The number of nitrogens with one attached hydrogen (secondary N) is 2. The first-order valence-corrected chi connectivity index (χ1v) is 9.43. The number of hydrogen-bond donors (Lipinski definition) is 2. The number of halogens is 1. The highest BCUT2D eigenvalue weighted by Gasteiger charge is 2.17. The molecule has 0 fully saturated rings. The van der Waals surface area contributed by atoms with Gasteiger partial charge in [-0.2, -0.15) is 5.10 Å². The highest BCUT2D eigenvalue weighted by Crippen LogP contribution is 2.36. The van der Waals surface area contributed by atoms with Gasteiger partial charge >= 0.3 is 0 Å². The van der Waals surface area contributed by atoms with Crippen molar-refractivity contribution < 1.29 is 19.1 Å². The maximum Gasteiger partial charge on any atom is 0.255 e. The Morgan fingerprint density at radius 2 is 1.80 bits per heavy atom. The first-order chi connectivity index (χ1) is 14.4. The third-order valence-electron chi connectivity index (χ3n) is 4.38. The smallest absolute Gasteiger partial charge is 0.255 e. The van der Waals surface area contributed by atoms with Crippen LogP contribution in [-0.4, -0.2) is 35.8 Å². The highest BCUT2D eigenvalue weighted by molar-refractivity contribution is 6.32. The maximum absolute atomic E-state index is 12.7. The molecule has 2 amide bonds. The third-order valence-corrected chi connectivity index (χ3v) is 4.67. The standard InChI is InChI=1S/C21H21ClN4O4/c1-13(26-9-5-8-23-26)20(27)24-15-6-4-7-16(12-15)25-21(28)14-10-17(22)19(30-3)18(11-14)29-2/h4-13H,1-3H3,(H,24,27)(H,25,28). The van der Waals surface area contributed by atoms with Gasteiger partial charge in [0.1, 0.15) is 6.04 Å². The molecule has 2 N–H and O–H groups in total. The van der Waals surface area contributed by atoms with E-state index >= 15 is 0 Å². The SMILES string of the molecule is COc1cc(C(=O)Nc2cccc(NC(=O)C(C)n3cccn3)c2)cc(Cl)c1OC. The molecular formula is C21H21ClN4O4. The summed E-state index contributed by atoms with van der Waals surface area (Å²) in [7, 11) is 2.93. The normalized spacial score (nSPS) is 11.5. The number of rotatable bonds is 7. The number of carbonyl (C=O) groups is 2. The highest BCUT2D eigenvalue weighted by atomic mass is 35.5. The van der Waals surface area contributed by atoms with Crippen molar-refractivity contribution in [2.45, 2.75) is 13.0 Å². The molecule has 3 aromatic rings. The van der Waals surface area contributed by atoms with Gasteiger partial charge in [0.15, 0.2) is 11.5 Å². The Kier molecular flexibility index (Phi) is 6.58. The second-order valence-electron chi connectivity index (χ2n) is 6.38. The lowest BCUT2D eigenvalue weighted by Crippen LogP contribution is -2.24. The van der Waals surface area contributed by atoms with E-state index in [-0.39, 0.29) is 16.8 Å². The number of hydrogen-bond acceptors (Lipinski definition) is 5. The quantitative estimate of drug-likeness (QED) is 0.593. The van der Waals surface area contributed by atoms with Gasteiger partial charge in [-0.05, 0) is 43.3 Å². The number of benzene rings is 2. The molecule has 8 nitrogen and oxygen atoms in total. The number of aromatic nitrogens is 2. The summed E-state index contributed by atoms with van der Waals surface area (Å²) < 4.78 is 12.0. The van der Waals surface area contributed by atoms with Crippen LogP contribution >= 0.6 is 11.6 Å². The molecule has 0 radical (unpaired) electrons. The maximum atomic E-state index is 12.7. The number of ether oxygens (including phenoxy) is 2. The van der Waals surface area contributed by atoms with E-state index in [0.717, 1.165) is 0 Å². The minimum absolute atomic E-state index is 0.228. The van der Waals surface area contributed by atoms with Gasteiger partial charge < -0.3 is 20.1 Å². The molecule has 0 aliphatic heterocycles. The number of amides is 2. The van der Waals surface area contributed by atoms with E-state index in [2.05, 4.69) is 15.7 Å². The first kappa shape index (κ1) is 21.2. The minimum atomic E-state index is -0.479. The first-order valence-electron chi connectivity index (χ1n) is 9.06. The van der Waals surface area contributed by atoms with E-state index in [9.17, 15) is 9.59 Å². The van der Waals surface area contributed by atoms with E-state index < -0.39 is 6.04 Å². The molecule has 1 aromatic heterocycles. The summed E-state index contributed by atoms with van der Waals surface area (Å²) in [5, 5.41) is 9.93. The molecule has 1 atom stereocenters. The fourth-order valence-electron chi connectivity index (χ4n) is 2.80. The van der Waals surface area contributed by atoms with E-state index in [1.54, 1.807) is 54.3 Å². The molecule has 30 heavy (non-hydrogen) atoms. The Bertz CT molecular complexity index is 1050. The molecule has 0 aliphatic rings. The lowest BCUT2D eigenvalue weighted by molar-refractivity contribution is -0.119. The van der Waals surface area contributed by atoms with Crippen LogP contribution in [0.5, 0.6) is 11.5 Å². The molecule has 1 unspecified atom stereocenters. The Morgan fingerprint density at radius 3 is 2.43 bits per heavy atom. The predicted molar refractivity (Wildman–Crippen MR) is 115 cm³/mol. The van der Waals surface area contributed by atoms with E-state index in [1.807, 2.05) is 0 Å². The van der Waals surface area contributed by atoms with Crippen molar-refractivity contribution in [1.29, 1.82) is 0 Å². The van der Waals surface area contributed by atoms with Crippen molar-refractivity contribution in [3.8, 4) is 11.5 Å². The van der Waals surface area contributed by atoms with E-state index in [4.69, 9.17) is 21.1 Å². The van der Waals surface area contributed by atoms with Crippen LogP contribution in [0.2, 0.25) is 5.02 Å². The van der Waals surface area contributed by atoms with Gasteiger partial charge in [0.2, 0.25) is 5.91 Å². The third kappa shape index (κ3) is 4.72. The van der Waals surface area contributed by atoms with Crippen LogP contribution in [-0.2, 0) is 4.79 Å². The predicted octanol–water partition coefficient (Wildman–Crippen LogP) is 4.01. The van der Waals surface area contributed by atoms with Crippen molar-refractivity contribution in [2.75, 3.05) is 24.9 Å². The average Bonchev–Trinajstić information content (AvgIpc) is 3.27. The fraction of sp³-hybridized carbons (Fsp3) is 0.190. The monoisotopic (exact) mass is 428 g/mol. The summed E-state index contributed by atoms with van der Waals surface area (Å²) in [5.41, 5.74) is 1.36. The summed E-state index contributed by atoms with van der Waals surface area (Å²) >= 11 is 6.18. The molecule has 0 saturated carbocycles. The Hall–Kier alpha value is -3.52. The van der Waals surface area contributed by atoms with Crippen molar-refractivity contribution in [2.24, 2.45) is 0 Å². The molecule has 1 heterocycles. The molecule has 156 valence electrons. The van der Waals surface area contributed by atoms with Gasteiger partial charge in [-0.15, -0.1) is 0 Å². The van der Waals surface area contributed by atoms with Crippen LogP contribution in [0.4, 0.5) is 11.4 Å². The van der Waals surface area contributed by atoms with Crippen LogP contribution in [0, 0.1) is 0 Å². The topological polar surface area (TPSA) is 94.5 Å². The average molecular weight is 429 g/mol. The second-order valence-corrected chi connectivity index (χ2v) is 6.79. The second kappa shape index (κ2) is 9.32. The molecule has 0 saturated heterocycles. The molecule has 3 rings (SSSR count). The number of carbonyl (C=O) groups excluding carboxylic acids is 2. The number of methoxy groups -OCH3 is 2. The van der Waals surface area contributed by atoms with Gasteiger partial charge in [-0.1, -0.05) is 17.7 Å². The van der Waals surface area contributed by atoms with E-state index in [0.29, 0.717) is 28.4 Å². The summed E-state index contributed by atoms with van der Waals surface area (Å²) in [6, 6.07) is 11.1. The number of nitrogens with zero attached hydrogens (tertiary/aromatic N) is 2. The lowest BCUT2D eigenvalue weighted by Gasteiger charge is -2.14. The lowest BCUT2D eigenvalue weighted by atomic mass is 10.1. The van der Waals surface area contributed by atoms with Crippen LogP contribution in [0.3, 0.4) is 0 Å². The van der Waals surface area contributed by atoms with Gasteiger partial charge in [0.05, 0.1) is 19.2 Å². The van der Waals surface area contributed by atoms with Gasteiger partial charge in [-0.25, -0.2) is 0 Å². The van der Waals surface area contributed by atoms with Crippen molar-refractivity contribution >= 4 is 34.8 Å². The van der Waals surface area contributed by atoms with Crippen LogP contribution in [0.15, 0.2) is 54.9 Å². The zero-order chi connectivity index (χ0) is 21.7. The molecule has 9 heteroatoms. The molecule has 0 aliphatic carbocycles. The molecule has 0 spiro atoms. The Balaban J connectivity index is 1.73. The van der Waals surface area contributed by atoms with Crippen LogP contribution in [0.1, 0.15) is 23.3 Å². The summed E-state index contributed by atoms with van der Waals surface area (Å²) in [4.78, 5) is 25.1. The van der Waals surface area contributed by atoms with E-state index in [1.165, 1.54) is 26.4 Å². The zero-order valence-corrected chi connectivity index (χ0v) is 17.4. The Morgan fingerprint density at radius 1 is 1.07 bits per heavy atom. The Labute approximate surface area is 178 Å². The largest absolute Gasteiger partial charge is 0.493 e. The van der Waals surface area contributed by atoms with Crippen LogP contribution in [0.25, 0.3) is 0 Å². The van der Waals surface area contributed by atoms with Crippen molar-refractivity contribution in [3.05, 3.63) is 65.4 Å². The minimum Gasteiger partial charge on any atom is -0.493 e. The van der Waals surface area contributed by atoms with Crippen molar-refractivity contribution in [3.63, 3.8) is 0 Å². The van der Waals surface area contributed by atoms with Gasteiger partial charge in [0.25, 0.3) is 5.91 Å². The molecule has 0 bridgehead atoms. The molecular weight excluding hydrogens is 408 g/mol. The van der Waals surface area contributed by atoms with Gasteiger partial charge in [0, 0.05) is 29.3 Å². The zero-order valence-electron chi connectivity index (χ0n) is 16.7. The molecule has 2 aromatic carbocycles.